The van der Waals surface area contributed by atoms with Crippen molar-refractivity contribution in [2.45, 2.75) is 19.7 Å². The lowest BCUT2D eigenvalue weighted by Crippen LogP contribution is -2.18. The van der Waals surface area contributed by atoms with Crippen LogP contribution in [0.4, 0.5) is 13.2 Å². The monoisotopic (exact) mass is 374 g/mol. The van der Waals surface area contributed by atoms with Gasteiger partial charge in [-0.3, -0.25) is 4.79 Å². The van der Waals surface area contributed by atoms with Crippen LogP contribution in [0, 0.1) is 3.57 Å². The predicted octanol–water partition coefficient (Wildman–Crippen LogP) is 3.30. The Hall–Kier alpha value is -0.990. The highest BCUT2D eigenvalue weighted by molar-refractivity contribution is 14.1. The molecule has 0 fully saturated rings. The molecule has 0 aliphatic carbocycles. The fourth-order valence-corrected chi connectivity index (χ4v) is 1.93. The van der Waals surface area contributed by atoms with Gasteiger partial charge in [0.25, 0.3) is 0 Å². The summed E-state index contributed by atoms with van der Waals surface area (Å²) >= 11 is 1.72. The van der Waals surface area contributed by atoms with Gasteiger partial charge in [-0.05, 0) is 47.2 Å². The van der Waals surface area contributed by atoms with Crippen molar-refractivity contribution in [1.82, 2.24) is 0 Å². The van der Waals surface area contributed by atoms with Gasteiger partial charge in [-0.2, -0.15) is 0 Å². The number of hydrogen-bond donors (Lipinski definition) is 0. The van der Waals surface area contributed by atoms with E-state index in [2.05, 4.69) is 4.74 Å². The molecule has 0 atom stereocenters. The molecule has 3 nitrogen and oxygen atoms in total. The Balaban J connectivity index is 2.76. The summed E-state index contributed by atoms with van der Waals surface area (Å²) in [5.74, 6) is -0.700. The van der Waals surface area contributed by atoms with E-state index in [9.17, 15) is 18.0 Å². The van der Waals surface area contributed by atoms with Crippen LogP contribution < -0.4 is 4.74 Å². The van der Waals surface area contributed by atoms with Crippen molar-refractivity contribution in [2.75, 3.05) is 6.61 Å². The van der Waals surface area contributed by atoms with Crippen LogP contribution in [-0.2, 0) is 16.0 Å². The number of benzene rings is 1. The molecule has 0 unspecified atom stereocenters. The number of alkyl halides is 3. The van der Waals surface area contributed by atoms with Crippen LogP contribution in [0.5, 0.6) is 5.75 Å². The first-order valence-corrected chi connectivity index (χ1v) is 6.09. The molecular formula is C11H10F3IO3. The summed E-state index contributed by atoms with van der Waals surface area (Å²) < 4.78 is 44.9. The lowest BCUT2D eigenvalue weighted by atomic mass is 10.1. The number of hydrogen-bond acceptors (Lipinski definition) is 3. The second kappa shape index (κ2) is 6.26. The van der Waals surface area contributed by atoms with Gasteiger partial charge in [0.2, 0.25) is 0 Å². The average molecular weight is 374 g/mol. The van der Waals surface area contributed by atoms with Gasteiger partial charge in [0.1, 0.15) is 5.75 Å². The van der Waals surface area contributed by atoms with E-state index in [0.29, 0.717) is 5.56 Å². The third-order valence-electron chi connectivity index (χ3n) is 1.88. The molecule has 0 heterocycles. The van der Waals surface area contributed by atoms with E-state index >= 15 is 0 Å². The summed E-state index contributed by atoms with van der Waals surface area (Å²) in [5, 5.41) is 0. The number of carbonyl (C=O) groups excluding carboxylic acids is 1. The van der Waals surface area contributed by atoms with Crippen molar-refractivity contribution in [3.05, 3.63) is 27.3 Å². The van der Waals surface area contributed by atoms with Gasteiger partial charge in [0, 0.05) is 0 Å². The molecule has 0 aliphatic rings. The molecule has 0 saturated carbocycles. The summed E-state index contributed by atoms with van der Waals surface area (Å²) in [5.41, 5.74) is 0.576. The zero-order valence-electron chi connectivity index (χ0n) is 9.38. The molecule has 0 amide bonds. The van der Waals surface area contributed by atoms with E-state index in [4.69, 9.17) is 4.74 Å². The number of carbonyl (C=O) groups is 1. The van der Waals surface area contributed by atoms with E-state index in [1.54, 1.807) is 29.5 Å². The molecule has 7 heteroatoms. The van der Waals surface area contributed by atoms with Gasteiger partial charge in [-0.15, -0.1) is 13.2 Å². The van der Waals surface area contributed by atoms with Gasteiger partial charge >= 0.3 is 12.3 Å². The highest BCUT2D eigenvalue weighted by atomic mass is 127. The van der Waals surface area contributed by atoms with Crippen molar-refractivity contribution in [3.63, 3.8) is 0 Å². The van der Waals surface area contributed by atoms with E-state index in [1.165, 1.54) is 18.2 Å². The number of rotatable bonds is 4. The number of halogens is 4. The minimum Gasteiger partial charge on any atom is -0.466 e. The van der Waals surface area contributed by atoms with Crippen LogP contribution in [0.2, 0.25) is 0 Å². The van der Waals surface area contributed by atoms with Gasteiger partial charge < -0.3 is 9.47 Å². The Labute approximate surface area is 115 Å². The topological polar surface area (TPSA) is 35.5 Å². The Bertz CT molecular complexity index is 432. The van der Waals surface area contributed by atoms with E-state index in [-0.39, 0.29) is 22.3 Å². The second-order valence-corrected chi connectivity index (χ2v) is 4.46. The zero-order chi connectivity index (χ0) is 13.8. The molecule has 0 bridgehead atoms. The lowest BCUT2D eigenvalue weighted by molar-refractivity contribution is -0.275. The Morgan fingerprint density at radius 1 is 1.39 bits per heavy atom. The Morgan fingerprint density at radius 2 is 2.06 bits per heavy atom. The van der Waals surface area contributed by atoms with Crippen LogP contribution in [0.25, 0.3) is 0 Å². The standard InChI is InChI=1S/C11H10F3IO3/c1-2-17-10(16)6-7-3-4-9(8(15)5-7)18-11(12,13)14/h3-5H,2,6H2,1H3. The van der Waals surface area contributed by atoms with Gasteiger partial charge in [0.15, 0.2) is 0 Å². The van der Waals surface area contributed by atoms with Crippen molar-refractivity contribution in [3.8, 4) is 5.75 Å². The van der Waals surface area contributed by atoms with Crippen LogP contribution in [0.3, 0.4) is 0 Å². The summed E-state index contributed by atoms with van der Waals surface area (Å²) in [4.78, 5) is 11.2. The average Bonchev–Trinajstić information content (AvgIpc) is 2.21. The fraction of sp³-hybridized carbons (Fsp3) is 0.364. The van der Waals surface area contributed by atoms with E-state index in [1.807, 2.05) is 0 Å². The molecule has 0 spiro atoms. The molecular weight excluding hydrogens is 364 g/mol. The fourth-order valence-electron chi connectivity index (χ4n) is 1.24. The third-order valence-corrected chi connectivity index (χ3v) is 2.72. The summed E-state index contributed by atoms with van der Waals surface area (Å²) in [7, 11) is 0. The summed E-state index contributed by atoms with van der Waals surface area (Å²) in [6.07, 6.45) is -4.70. The number of ether oxygens (including phenoxy) is 2. The Morgan fingerprint density at radius 3 is 2.56 bits per heavy atom. The number of esters is 1. The van der Waals surface area contributed by atoms with Gasteiger partial charge in [-0.1, -0.05) is 6.07 Å². The molecule has 100 valence electrons. The highest BCUT2D eigenvalue weighted by Crippen LogP contribution is 2.28. The minimum atomic E-state index is -4.72. The van der Waals surface area contributed by atoms with Gasteiger partial charge in [0.05, 0.1) is 16.6 Å². The molecule has 1 aromatic rings. The molecule has 0 radical (unpaired) electrons. The van der Waals surface area contributed by atoms with Crippen molar-refractivity contribution < 1.29 is 27.4 Å². The molecule has 0 saturated heterocycles. The SMILES string of the molecule is CCOC(=O)Cc1ccc(OC(F)(F)F)c(I)c1. The molecule has 0 N–H and O–H groups in total. The predicted molar refractivity (Wildman–Crippen MR) is 66.2 cm³/mol. The largest absolute Gasteiger partial charge is 0.573 e. The molecule has 1 aromatic carbocycles. The maximum atomic E-state index is 12.0. The third kappa shape index (κ3) is 5.11. The first kappa shape index (κ1) is 15.1. The van der Waals surface area contributed by atoms with Crippen LogP contribution in [0.15, 0.2) is 18.2 Å². The first-order chi connectivity index (χ1) is 8.31. The molecule has 1 rings (SSSR count). The quantitative estimate of drug-likeness (QED) is 0.600. The second-order valence-electron chi connectivity index (χ2n) is 3.29. The minimum absolute atomic E-state index is 0.0239. The Kier molecular flexibility index (Phi) is 5.24. The smallest absolute Gasteiger partial charge is 0.466 e. The summed E-state index contributed by atoms with van der Waals surface area (Å²) in [6, 6.07) is 4.04. The maximum absolute atomic E-state index is 12.0. The van der Waals surface area contributed by atoms with Crippen molar-refractivity contribution >= 4 is 28.6 Å². The van der Waals surface area contributed by atoms with Crippen molar-refractivity contribution in [2.24, 2.45) is 0 Å². The molecule has 18 heavy (non-hydrogen) atoms. The summed E-state index contributed by atoms with van der Waals surface area (Å²) in [6.45, 7) is 1.95. The van der Waals surface area contributed by atoms with Crippen molar-refractivity contribution in [1.29, 1.82) is 0 Å². The zero-order valence-corrected chi connectivity index (χ0v) is 11.5. The van der Waals surface area contributed by atoms with E-state index in [0.717, 1.165) is 0 Å². The van der Waals surface area contributed by atoms with E-state index < -0.39 is 12.3 Å². The lowest BCUT2D eigenvalue weighted by Gasteiger charge is -2.11. The van der Waals surface area contributed by atoms with Gasteiger partial charge in [-0.25, -0.2) is 0 Å². The van der Waals surface area contributed by atoms with Crippen LogP contribution >= 0.6 is 22.6 Å². The molecule has 0 aliphatic heterocycles. The van der Waals surface area contributed by atoms with Crippen LogP contribution in [0.1, 0.15) is 12.5 Å². The normalized spacial score (nSPS) is 11.2. The molecule has 0 aromatic heterocycles. The van der Waals surface area contributed by atoms with Crippen LogP contribution in [-0.4, -0.2) is 18.9 Å². The first-order valence-electron chi connectivity index (χ1n) is 5.01. The maximum Gasteiger partial charge on any atom is 0.573 e. The highest BCUT2D eigenvalue weighted by Gasteiger charge is 2.31.